The lowest BCUT2D eigenvalue weighted by atomic mass is 10.1. The molecule has 0 amide bonds. The van der Waals surface area contributed by atoms with Crippen molar-refractivity contribution in [3.05, 3.63) is 60.2 Å². The Hall–Kier alpha value is -2.29. The Kier molecular flexibility index (Phi) is 7.34. The van der Waals surface area contributed by atoms with Gasteiger partial charge in [0, 0.05) is 0 Å². The standard InChI is InChI=1S/C21H26O3/c1-3-4-5-7-10-17(2)23-20-15-13-18(14-16-20)21(22)24-19-11-8-6-9-12-19/h6,8-9,11-17H,3-5,7,10H2,1-2H3/t17-/m1/s1. The molecular formula is C21H26O3. The summed E-state index contributed by atoms with van der Waals surface area (Å²) in [5.74, 6) is 0.971. The van der Waals surface area contributed by atoms with Crippen molar-refractivity contribution < 1.29 is 14.3 Å². The Labute approximate surface area is 144 Å². The van der Waals surface area contributed by atoms with E-state index in [1.54, 1.807) is 24.3 Å². The lowest BCUT2D eigenvalue weighted by molar-refractivity contribution is 0.0734. The minimum atomic E-state index is -0.361. The number of hydrogen-bond acceptors (Lipinski definition) is 3. The van der Waals surface area contributed by atoms with Crippen LogP contribution in [0.3, 0.4) is 0 Å². The van der Waals surface area contributed by atoms with E-state index in [1.807, 2.05) is 30.3 Å². The molecule has 3 heteroatoms. The third kappa shape index (κ3) is 6.07. The van der Waals surface area contributed by atoms with Gasteiger partial charge in [-0.2, -0.15) is 0 Å². The largest absolute Gasteiger partial charge is 0.491 e. The van der Waals surface area contributed by atoms with Gasteiger partial charge in [-0.15, -0.1) is 0 Å². The van der Waals surface area contributed by atoms with Crippen LogP contribution < -0.4 is 9.47 Å². The van der Waals surface area contributed by atoms with Gasteiger partial charge < -0.3 is 9.47 Å². The molecule has 24 heavy (non-hydrogen) atoms. The predicted molar refractivity (Wildman–Crippen MR) is 96.7 cm³/mol. The fraction of sp³-hybridized carbons (Fsp3) is 0.381. The average molecular weight is 326 g/mol. The van der Waals surface area contributed by atoms with E-state index in [-0.39, 0.29) is 12.1 Å². The van der Waals surface area contributed by atoms with E-state index in [2.05, 4.69) is 13.8 Å². The summed E-state index contributed by atoms with van der Waals surface area (Å²) in [6.45, 7) is 4.30. The van der Waals surface area contributed by atoms with Crippen LogP contribution in [0.4, 0.5) is 0 Å². The molecule has 2 aromatic rings. The van der Waals surface area contributed by atoms with Crippen molar-refractivity contribution in [2.24, 2.45) is 0 Å². The van der Waals surface area contributed by atoms with E-state index in [1.165, 1.54) is 25.7 Å². The van der Waals surface area contributed by atoms with Crippen molar-refractivity contribution in [3.8, 4) is 11.5 Å². The number of benzene rings is 2. The molecular weight excluding hydrogens is 300 g/mol. The van der Waals surface area contributed by atoms with Gasteiger partial charge in [0.1, 0.15) is 11.5 Å². The molecule has 0 aromatic heterocycles. The molecule has 0 saturated heterocycles. The molecule has 0 fully saturated rings. The third-order valence-corrected chi connectivity index (χ3v) is 3.85. The molecule has 2 aromatic carbocycles. The van der Waals surface area contributed by atoms with Crippen molar-refractivity contribution in [3.63, 3.8) is 0 Å². The molecule has 0 bridgehead atoms. The normalized spacial score (nSPS) is 11.8. The summed E-state index contributed by atoms with van der Waals surface area (Å²) in [5, 5.41) is 0. The first-order chi connectivity index (χ1) is 11.7. The van der Waals surface area contributed by atoms with Crippen LogP contribution in [0.1, 0.15) is 56.3 Å². The lowest BCUT2D eigenvalue weighted by Crippen LogP contribution is -2.12. The predicted octanol–water partition coefficient (Wildman–Crippen LogP) is 5.64. The number of ether oxygens (including phenoxy) is 2. The van der Waals surface area contributed by atoms with Crippen LogP contribution in [0.2, 0.25) is 0 Å². The maximum Gasteiger partial charge on any atom is 0.343 e. The average Bonchev–Trinajstić information content (AvgIpc) is 2.60. The van der Waals surface area contributed by atoms with Crippen molar-refractivity contribution in [1.82, 2.24) is 0 Å². The number of carbonyl (C=O) groups is 1. The Morgan fingerprint density at radius 3 is 2.29 bits per heavy atom. The van der Waals surface area contributed by atoms with Gasteiger partial charge in [0.05, 0.1) is 11.7 Å². The first kappa shape index (κ1) is 18.1. The first-order valence-electron chi connectivity index (χ1n) is 8.73. The number of rotatable bonds is 9. The molecule has 0 saturated carbocycles. The smallest absolute Gasteiger partial charge is 0.343 e. The minimum absolute atomic E-state index is 0.184. The maximum atomic E-state index is 12.1. The van der Waals surface area contributed by atoms with Crippen LogP contribution in [-0.2, 0) is 0 Å². The van der Waals surface area contributed by atoms with Gasteiger partial charge in [-0.3, -0.25) is 0 Å². The number of esters is 1. The first-order valence-corrected chi connectivity index (χ1v) is 8.73. The topological polar surface area (TPSA) is 35.5 Å². The lowest BCUT2D eigenvalue weighted by Gasteiger charge is -2.14. The molecule has 128 valence electrons. The minimum Gasteiger partial charge on any atom is -0.491 e. The van der Waals surface area contributed by atoms with Crippen LogP contribution in [0.5, 0.6) is 11.5 Å². The summed E-state index contributed by atoms with van der Waals surface area (Å²) in [7, 11) is 0. The summed E-state index contributed by atoms with van der Waals surface area (Å²) in [4.78, 5) is 12.1. The second-order valence-corrected chi connectivity index (χ2v) is 6.00. The van der Waals surface area contributed by atoms with Crippen LogP contribution >= 0.6 is 0 Å². The van der Waals surface area contributed by atoms with E-state index in [0.717, 1.165) is 12.2 Å². The highest BCUT2D eigenvalue weighted by molar-refractivity contribution is 5.91. The van der Waals surface area contributed by atoms with Crippen LogP contribution in [0, 0.1) is 0 Å². The Bertz CT molecular complexity index is 605. The molecule has 0 N–H and O–H groups in total. The fourth-order valence-corrected chi connectivity index (χ4v) is 2.47. The van der Waals surface area contributed by atoms with E-state index >= 15 is 0 Å². The summed E-state index contributed by atoms with van der Waals surface area (Å²) >= 11 is 0. The Morgan fingerprint density at radius 2 is 1.62 bits per heavy atom. The molecule has 0 heterocycles. The van der Waals surface area contributed by atoms with Crippen LogP contribution in [0.15, 0.2) is 54.6 Å². The molecule has 0 aliphatic carbocycles. The highest BCUT2D eigenvalue weighted by Crippen LogP contribution is 2.18. The fourth-order valence-electron chi connectivity index (χ4n) is 2.47. The number of unbranched alkanes of at least 4 members (excludes halogenated alkanes) is 3. The van der Waals surface area contributed by atoms with Gasteiger partial charge in [0.15, 0.2) is 0 Å². The van der Waals surface area contributed by atoms with Crippen molar-refractivity contribution in [1.29, 1.82) is 0 Å². The summed E-state index contributed by atoms with van der Waals surface area (Å²) in [6, 6.07) is 16.2. The second-order valence-electron chi connectivity index (χ2n) is 6.00. The van der Waals surface area contributed by atoms with E-state index in [4.69, 9.17) is 9.47 Å². The van der Waals surface area contributed by atoms with E-state index < -0.39 is 0 Å². The number of carbonyl (C=O) groups excluding carboxylic acids is 1. The van der Waals surface area contributed by atoms with Gasteiger partial charge in [-0.1, -0.05) is 44.4 Å². The molecule has 3 nitrogen and oxygen atoms in total. The quantitative estimate of drug-likeness (QED) is 0.340. The van der Waals surface area contributed by atoms with Gasteiger partial charge in [-0.25, -0.2) is 4.79 Å². The van der Waals surface area contributed by atoms with Gasteiger partial charge in [-0.05, 0) is 56.2 Å². The zero-order chi connectivity index (χ0) is 17.2. The molecule has 0 aliphatic rings. The van der Waals surface area contributed by atoms with Gasteiger partial charge >= 0.3 is 5.97 Å². The number of para-hydroxylation sites is 1. The summed E-state index contributed by atoms with van der Waals surface area (Å²) in [5.41, 5.74) is 0.516. The molecule has 2 rings (SSSR count). The molecule has 1 atom stereocenters. The van der Waals surface area contributed by atoms with E-state index in [9.17, 15) is 4.79 Å². The monoisotopic (exact) mass is 326 g/mol. The molecule has 0 unspecified atom stereocenters. The second kappa shape index (κ2) is 9.76. The SMILES string of the molecule is CCCCCC[C@@H](C)Oc1ccc(C(=O)Oc2ccccc2)cc1. The molecule has 0 aliphatic heterocycles. The number of hydrogen-bond donors (Lipinski definition) is 0. The van der Waals surface area contributed by atoms with Gasteiger partial charge in [0.2, 0.25) is 0 Å². The van der Waals surface area contributed by atoms with Crippen molar-refractivity contribution >= 4 is 5.97 Å². The Balaban J connectivity index is 1.82. The highest BCUT2D eigenvalue weighted by Gasteiger charge is 2.09. The summed E-state index contributed by atoms with van der Waals surface area (Å²) in [6.07, 6.45) is 6.22. The summed E-state index contributed by atoms with van der Waals surface area (Å²) < 4.78 is 11.2. The molecule has 0 radical (unpaired) electrons. The van der Waals surface area contributed by atoms with Crippen LogP contribution in [-0.4, -0.2) is 12.1 Å². The third-order valence-electron chi connectivity index (χ3n) is 3.85. The van der Waals surface area contributed by atoms with Crippen molar-refractivity contribution in [2.75, 3.05) is 0 Å². The van der Waals surface area contributed by atoms with Crippen LogP contribution in [0.25, 0.3) is 0 Å². The Morgan fingerprint density at radius 1 is 0.917 bits per heavy atom. The highest BCUT2D eigenvalue weighted by atomic mass is 16.5. The molecule has 0 spiro atoms. The zero-order valence-electron chi connectivity index (χ0n) is 14.5. The maximum absolute atomic E-state index is 12.1. The van der Waals surface area contributed by atoms with E-state index in [0.29, 0.717) is 11.3 Å². The van der Waals surface area contributed by atoms with Crippen molar-refractivity contribution in [2.45, 2.75) is 52.1 Å². The van der Waals surface area contributed by atoms with Gasteiger partial charge in [0.25, 0.3) is 0 Å². The zero-order valence-corrected chi connectivity index (χ0v) is 14.5.